The second-order valence-electron chi connectivity index (χ2n) is 6.61. The van der Waals surface area contributed by atoms with Crippen LogP contribution in [0, 0.1) is 5.92 Å². The summed E-state index contributed by atoms with van der Waals surface area (Å²) in [5.74, 6) is 0.00169. The molecule has 1 fully saturated rings. The van der Waals surface area contributed by atoms with Crippen LogP contribution in [0.4, 0.5) is 13.2 Å². The van der Waals surface area contributed by atoms with E-state index in [1.54, 1.807) is 30.3 Å². The average Bonchev–Trinajstić information content (AvgIpc) is 3.05. The molecule has 0 spiro atoms. The Morgan fingerprint density at radius 2 is 1.81 bits per heavy atom. The van der Waals surface area contributed by atoms with Crippen molar-refractivity contribution in [3.05, 3.63) is 59.2 Å². The van der Waals surface area contributed by atoms with Gasteiger partial charge in [-0.25, -0.2) is 4.79 Å². The smallest absolute Gasteiger partial charge is 0.416 e. The van der Waals surface area contributed by atoms with Crippen molar-refractivity contribution >= 4 is 5.97 Å². The van der Waals surface area contributed by atoms with Crippen LogP contribution in [0.2, 0.25) is 0 Å². The summed E-state index contributed by atoms with van der Waals surface area (Å²) in [6.45, 7) is 3.67. The lowest BCUT2D eigenvalue weighted by Crippen LogP contribution is -2.11. The van der Waals surface area contributed by atoms with Crippen LogP contribution in [0.25, 0.3) is 11.1 Å². The van der Waals surface area contributed by atoms with Crippen molar-refractivity contribution in [1.82, 2.24) is 5.32 Å². The van der Waals surface area contributed by atoms with E-state index in [0.29, 0.717) is 22.6 Å². The topological polar surface area (TPSA) is 38.3 Å². The second-order valence-corrected chi connectivity index (χ2v) is 6.61. The van der Waals surface area contributed by atoms with Gasteiger partial charge in [0.15, 0.2) is 0 Å². The molecule has 3 nitrogen and oxygen atoms in total. The van der Waals surface area contributed by atoms with Gasteiger partial charge in [-0.3, -0.25) is 0 Å². The summed E-state index contributed by atoms with van der Waals surface area (Å²) >= 11 is 0. The molecule has 1 aliphatic rings. The summed E-state index contributed by atoms with van der Waals surface area (Å²) < 4.78 is 44.3. The van der Waals surface area contributed by atoms with Gasteiger partial charge in [0.1, 0.15) is 0 Å². The van der Waals surface area contributed by atoms with Crippen molar-refractivity contribution in [2.45, 2.75) is 19.0 Å². The lowest BCUT2D eigenvalue weighted by molar-refractivity contribution is -0.137. The fraction of sp³-hybridized carbons (Fsp3) is 0.350. The highest BCUT2D eigenvalue weighted by atomic mass is 19.4. The summed E-state index contributed by atoms with van der Waals surface area (Å²) in [6, 6.07) is 10.4. The van der Waals surface area contributed by atoms with Gasteiger partial charge in [-0.1, -0.05) is 25.1 Å². The Kier molecular flexibility index (Phi) is 5.05. The molecule has 26 heavy (non-hydrogen) atoms. The largest absolute Gasteiger partial charge is 0.465 e. The first-order valence-electron chi connectivity index (χ1n) is 8.42. The molecule has 0 bridgehead atoms. The van der Waals surface area contributed by atoms with Crippen LogP contribution in [0.15, 0.2) is 42.5 Å². The van der Waals surface area contributed by atoms with Gasteiger partial charge in [-0.05, 0) is 53.4 Å². The van der Waals surface area contributed by atoms with E-state index >= 15 is 0 Å². The monoisotopic (exact) mass is 363 g/mol. The molecule has 0 aliphatic carbocycles. The molecule has 1 N–H and O–H groups in total. The Balaban J connectivity index is 2.08. The molecule has 1 saturated heterocycles. The molecule has 6 heteroatoms. The third kappa shape index (κ3) is 3.60. The van der Waals surface area contributed by atoms with Gasteiger partial charge in [-0.15, -0.1) is 0 Å². The van der Waals surface area contributed by atoms with Crippen molar-refractivity contribution in [2.75, 3.05) is 20.2 Å². The molecule has 0 saturated carbocycles. The molecule has 2 aromatic carbocycles. The summed E-state index contributed by atoms with van der Waals surface area (Å²) in [5.41, 5.74) is 1.78. The van der Waals surface area contributed by atoms with E-state index < -0.39 is 17.7 Å². The average molecular weight is 363 g/mol. The van der Waals surface area contributed by atoms with Gasteiger partial charge in [0.05, 0.1) is 18.2 Å². The van der Waals surface area contributed by atoms with Crippen molar-refractivity contribution < 1.29 is 22.7 Å². The van der Waals surface area contributed by atoms with E-state index in [1.807, 2.05) is 0 Å². The second kappa shape index (κ2) is 7.11. The number of carbonyl (C=O) groups is 1. The molecule has 2 atom stereocenters. The molecule has 3 rings (SSSR count). The zero-order valence-electron chi connectivity index (χ0n) is 14.6. The Morgan fingerprint density at radius 3 is 2.35 bits per heavy atom. The number of alkyl halides is 3. The van der Waals surface area contributed by atoms with E-state index in [0.717, 1.165) is 24.7 Å². The standard InChI is InChI=1S/C20H20F3NO2/c1-12-10-24-11-18(12)16-8-7-15(20(21,22)23)9-17(16)13-3-5-14(6-4-13)19(25)26-2/h3-9,12,18,24H,10-11H2,1-2H3. The molecule has 0 aromatic heterocycles. The predicted octanol–water partition coefficient (Wildman–Crippen LogP) is 4.48. The number of rotatable bonds is 3. The van der Waals surface area contributed by atoms with Crippen molar-refractivity contribution in [2.24, 2.45) is 5.92 Å². The lowest BCUT2D eigenvalue weighted by atomic mass is 9.84. The Bertz CT molecular complexity index is 800. The highest BCUT2D eigenvalue weighted by molar-refractivity contribution is 5.90. The number of hydrogen-bond acceptors (Lipinski definition) is 3. The number of hydrogen-bond donors (Lipinski definition) is 1. The first-order valence-corrected chi connectivity index (χ1v) is 8.42. The SMILES string of the molecule is COC(=O)c1ccc(-c2cc(C(F)(F)F)ccc2C2CNCC2C)cc1. The van der Waals surface area contributed by atoms with Gasteiger partial charge < -0.3 is 10.1 Å². The third-order valence-electron chi connectivity index (χ3n) is 4.91. The molecule has 1 aliphatic heterocycles. The zero-order valence-corrected chi connectivity index (χ0v) is 14.6. The van der Waals surface area contributed by atoms with Crippen LogP contribution in [0.3, 0.4) is 0 Å². The highest BCUT2D eigenvalue weighted by Gasteiger charge is 2.33. The van der Waals surface area contributed by atoms with Crippen LogP contribution >= 0.6 is 0 Å². The number of methoxy groups -OCH3 is 1. The van der Waals surface area contributed by atoms with Crippen LogP contribution in [0.1, 0.15) is 34.3 Å². The molecule has 1 heterocycles. The number of ether oxygens (including phenoxy) is 1. The summed E-state index contributed by atoms with van der Waals surface area (Å²) in [4.78, 5) is 11.6. The van der Waals surface area contributed by atoms with Gasteiger partial charge >= 0.3 is 12.1 Å². The number of carbonyl (C=O) groups excluding carboxylic acids is 1. The fourth-order valence-electron chi connectivity index (χ4n) is 3.44. The summed E-state index contributed by atoms with van der Waals surface area (Å²) in [5, 5.41) is 3.29. The normalized spacial score (nSPS) is 20.2. The minimum Gasteiger partial charge on any atom is -0.465 e. The first-order chi connectivity index (χ1) is 12.3. The van der Waals surface area contributed by atoms with E-state index in [2.05, 4.69) is 17.0 Å². The Labute approximate surface area is 150 Å². The highest BCUT2D eigenvalue weighted by Crippen LogP contribution is 2.39. The maximum atomic E-state index is 13.2. The zero-order chi connectivity index (χ0) is 18.9. The first kappa shape index (κ1) is 18.5. The van der Waals surface area contributed by atoms with Crippen LogP contribution in [-0.2, 0) is 10.9 Å². The molecule has 2 unspecified atom stereocenters. The van der Waals surface area contributed by atoms with E-state index in [-0.39, 0.29) is 5.92 Å². The molecule has 2 aromatic rings. The van der Waals surface area contributed by atoms with E-state index in [1.165, 1.54) is 13.2 Å². The van der Waals surface area contributed by atoms with Gasteiger partial charge in [-0.2, -0.15) is 13.2 Å². The Hall–Kier alpha value is -2.34. The van der Waals surface area contributed by atoms with Crippen LogP contribution in [-0.4, -0.2) is 26.2 Å². The van der Waals surface area contributed by atoms with Crippen molar-refractivity contribution in [3.63, 3.8) is 0 Å². The molecule has 138 valence electrons. The summed E-state index contributed by atoms with van der Waals surface area (Å²) in [6.07, 6.45) is -4.40. The van der Waals surface area contributed by atoms with Crippen molar-refractivity contribution in [1.29, 1.82) is 0 Å². The minimum absolute atomic E-state index is 0.146. The number of esters is 1. The molecule has 0 amide bonds. The van der Waals surface area contributed by atoms with Crippen molar-refractivity contribution in [3.8, 4) is 11.1 Å². The molecular formula is C20H20F3NO2. The van der Waals surface area contributed by atoms with Crippen LogP contribution < -0.4 is 5.32 Å². The fourth-order valence-corrected chi connectivity index (χ4v) is 3.44. The van der Waals surface area contributed by atoms with Crippen LogP contribution in [0.5, 0.6) is 0 Å². The molecular weight excluding hydrogens is 343 g/mol. The lowest BCUT2D eigenvalue weighted by Gasteiger charge is -2.21. The van der Waals surface area contributed by atoms with Gasteiger partial charge in [0, 0.05) is 12.5 Å². The molecule has 0 radical (unpaired) electrons. The number of halogens is 3. The third-order valence-corrected chi connectivity index (χ3v) is 4.91. The maximum Gasteiger partial charge on any atom is 0.416 e. The summed E-state index contributed by atoms with van der Waals surface area (Å²) in [7, 11) is 1.29. The Morgan fingerprint density at radius 1 is 1.12 bits per heavy atom. The van der Waals surface area contributed by atoms with Gasteiger partial charge in [0.25, 0.3) is 0 Å². The number of benzene rings is 2. The minimum atomic E-state index is -4.40. The van der Waals surface area contributed by atoms with E-state index in [9.17, 15) is 18.0 Å². The number of nitrogens with one attached hydrogen (secondary N) is 1. The predicted molar refractivity (Wildman–Crippen MR) is 93.0 cm³/mol. The quantitative estimate of drug-likeness (QED) is 0.817. The van der Waals surface area contributed by atoms with E-state index in [4.69, 9.17) is 0 Å². The van der Waals surface area contributed by atoms with Gasteiger partial charge in [0.2, 0.25) is 0 Å². The maximum absolute atomic E-state index is 13.2.